The summed E-state index contributed by atoms with van der Waals surface area (Å²) < 4.78 is 5.00. The van der Waals surface area contributed by atoms with E-state index in [0.29, 0.717) is 5.69 Å². The van der Waals surface area contributed by atoms with Crippen LogP contribution in [0, 0.1) is 0 Å². The molecule has 88 valence electrons. The van der Waals surface area contributed by atoms with Crippen molar-refractivity contribution in [2.75, 3.05) is 12.4 Å². The fraction of sp³-hybridized carbons (Fsp3) is 0.417. The van der Waals surface area contributed by atoms with E-state index in [4.69, 9.17) is 4.74 Å². The lowest BCUT2D eigenvalue weighted by atomic mass is 10.1. The molecule has 2 N–H and O–H groups in total. The minimum Gasteiger partial charge on any atom is -0.497 e. The van der Waals surface area contributed by atoms with Gasteiger partial charge in [0.15, 0.2) is 0 Å². The first-order chi connectivity index (χ1) is 7.40. The number of aliphatic hydroxyl groups is 1. The van der Waals surface area contributed by atoms with Crippen LogP contribution in [0.4, 0.5) is 5.69 Å². The Labute approximate surface area is 95.2 Å². The second-order valence-electron chi connectivity index (χ2n) is 4.27. The summed E-state index contributed by atoms with van der Waals surface area (Å²) in [7, 11) is 1.59. The van der Waals surface area contributed by atoms with Gasteiger partial charge in [0.25, 0.3) is 0 Å². The predicted molar refractivity (Wildman–Crippen MR) is 62.5 cm³/mol. The van der Waals surface area contributed by atoms with Crippen LogP contribution in [-0.2, 0) is 4.79 Å². The number of anilines is 1. The summed E-state index contributed by atoms with van der Waals surface area (Å²) in [5.74, 6) is 0.526. The summed E-state index contributed by atoms with van der Waals surface area (Å²) in [6.07, 6.45) is 0.0685. The number of hydrogen-bond donors (Lipinski definition) is 2. The molecule has 0 heterocycles. The molecule has 1 aromatic carbocycles. The normalized spacial score (nSPS) is 11.0. The highest BCUT2D eigenvalue weighted by Gasteiger charge is 2.17. The first-order valence-electron chi connectivity index (χ1n) is 5.07. The van der Waals surface area contributed by atoms with Gasteiger partial charge >= 0.3 is 0 Å². The molecule has 0 bridgehead atoms. The van der Waals surface area contributed by atoms with Gasteiger partial charge in [-0.05, 0) is 38.1 Å². The molecule has 0 aliphatic rings. The van der Waals surface area contributed by atoms with Gasteiger partial charge in [0, 0.05) is 5.69 Å². The minimum absolute atomic E-state index is 0.0685. The van der Waals surface area contributed by atoms with Crippen molar-refractivity contribution in [1.82, 2.24) is 0 Å². The lowest BCUT2D eigenvalue weighted by Gasteiger charge is -2.16. The number of nitrogens with one attached hydrogen (secondary N) is 1. The molecule has 4 nitrogen and oxygen atoms in total. The maximum atomic E-state index is 11.5. The van der Waals surface area contributed by atoms with Gasteiger partial charge in [-0.2, -0.15) is 0 Å². The van der Waals surface area contributed by atoms with E-state index in [2.05, 4.69) is 5.32 Å². The van der Waals surface area contributed by atoms with E-state index >= 15 is 0 Å². The number of methoxy groups -OCH3 is 1. The Balaban J connectivity index is 2.56. The van der Waals surface area contributed by atoms with Crippen LogP contribution in [0.25, 0.3) is 0 Å². The zero-order chi connectivity index (χ0) is 12.2. The number of amides is 1. The molecule has 1 rings (SSSR count). The summed E-state index contributed by atoms with van der Waals surface area (Å²) >= 11 is 0. The molecule has 0 aromatic heterocycles. The van der Waals surface area contributed by atoms with Crippen LogP contribution in [0.5, 0.6) is 5.75 Å². The molecular weight excluding hydrogens is 206 g/mol. The molecule has 0 aliphatic heterocycles. The van der Waals surface area contributed by atoms with Crippen LogP contribution in [0.1, 0.15) is 20.3 Å². The molecular formula is C12H17NO3. The average Bonchev–Trinajstić information content (AvgIpc) is 2.16. The maximum Gasteiger partial charge on any atom is 0.227 e. The molecule has 0 atom stereocenters. The van der Waals surface area contributed by atoms with Crippen LogP contribution in [0.3, 0.4) is 0 Å². The van der Waals surface area contributed by atoms with Crippen molar-refractivity contribution in [3.05, 3.63) is 24.3 Å². The third kappa shape index (κ3) is 4.31. The van der Waals surface area contributed by atoms with Crippen LogP contribution in [0.2, 0.25) is 0 Å². The summed E-state index contributed by atoms with van der Waals surface area (Å²) in [4.78, 5) is 11.5. The minimum atomic E-state index is -0.990. The Morgan fingerprint density at radius 3 is 2.38 bits per heavy atom. The van der Waals surface area contributed by atoms with E-state index in [0.717, 1.165) is 5.75 Å². The molecule has 16 heavy (non-hydrogen) atoms. The van der Waals surface area contributed by atoms with Gasteiger partial charge in [0.05, 0.1) is 19.1 Å². The Morgan fingerprint density at radius 1 is 1.38 bits per heavy atom. The van der Waals surface area contributed by atoms with Crippen molar-refractivity contribution in [2.45, 2.75) is 25.9 Å². The number of carbonyl (C=O) groups is 1. The van der Waals surface area contributed by atoms with Gasteiger partial charge in [0.1, 0.15) is 5.75 Å². The van der Waals surface area contributed by atoms with Gasteiger partial charge in [-0.1, -0.05) is 0 Å². The molecule has 0 aliphatic carbocycles. The summed E-state index contributed by atoms with van der Waals surface area (Å²) in [5.41, 5.74) is -0.300. The maximum absolute atomic E-state index is 11.5. The first-order valence-corrected chi connectivity index (χ1v) is 5.07. The Hall–Kier alpha value is -1.55. The van der Waals surface area contributed by atoms with E-state index in [-0.39, 0.29) is 12.3 Å². The fourth-order valence-corrected chi connectivity index (χ4v) is 1.27. The summed E-state index contributed by atoms with van der Waals surface area (Å²) in [5, 5.41) is 12.2. The van der Waals surface area contributed by atoms with Crippen molar-refractivity contribution in [2.24, 2.45) is 0 Å². The van der Waals surface area contributed by atoms with Gasteiger partial charge in [0.2, 0.25) is 5.91 Å². The fourth-order valence-electron chi connectivity index (χ4n) is 1.27. The third-order valence-corrected chi connectivity index (χ3v) is 1.97. The lowest BCUT2D eigenvalue weighted by molar-refractivity contribution is -0.119. The monoisotopic (exact) mass is 223 g/mol. The van der Waals surface area contributed by atoms with E-state index in [9.17, 15) is 9.90 Å². The molecule has 4 heteroatoms. The standard InChI is InChI=1S/C12H17NO3/c1-12(2,15)8-11(14)13-9-4-6-10(16-3)7-5-9/h4-7,15H,8H2,1-3H3,(H,13,14). The number of hydrogen-bond acceptors (Lipinski definition) is 3. The van der Waals surface area contributed by atoms with E-state index in [1.54, 1.807) is 45.2 Å². The van der Waals surface area contributed by atoms with Crippen molar-refractivity contribution < 1.29 is 14.6 Å². The van der Waals surface area contributed by atoms with Crippen LogP contribution < -0.4 is 10.1 Å². The number of carbonyl (C=O) groups excluding carboxylic acids is 1. The molecule has 0 saturated heterocycles. The molecule has 0 spiro atoms. The summed E-state index contributed by atoms with van der Waals surface area (Å²) in [6.45, 7) is 3.20. The highest BCUT2D eigenvalue weighted by molar-refractivity contribution is 5.91. The van der Waals surface area contributed by atoms with Crippen molar-refractivity contribution >= 4 is 11.6 Å². The van der Waals surface area contributed by atoms with Crippen LogP contribution in [0.15, 0.2) is 24.3 Å². The quantitative estimate of drug-likeness (QED) is 0.818. The molecule has 1 aromatic rings. The topological polar surface area (TPSA) is 58.6 Å². The van der Waals surface area contributed by atoms with Crippen molar-refractivity contribution in [3.8, 4) is 5.75 Å². The molecule has 0 radical (unpaired) electrons. The third-order valence-electron chi connectivity index (χ3n) is 1.97. The smallest absolute Gasteiger partial charge is 0.227 e. The average molecular weight is 223 g/mol. The van der Waals surface area contributed by atoms with E-state index in [1.165, 1.54) is 0 Å². The van der Waals surface area contributed by atoms with Gasteiger partial charge in [-0.25, -0.2) is 0 Å². The lowest BCUT2D eigenvalue weighted by Crippen LogP contribution is -2.27. The van der Waals surface area contributed by atoms with Crippen LogP contribution >= 0.6 is 0 Å². The van der Waals surface area contributed by atoms with Gasteiger partial charge in [-0.3, -0.25) is 4.79 Å². The van der Waals surface area contributed by atoms with E-state index in [1.807, 2.05) is 0 Å². The largest absolute Gasteiger partial charge is 0.497 e. The molecule has 0 fully saturated rings. The highest BCUT2D eigenvalue weighted by Crippen LogP contribution is 2.16. The number of benzene rings is 1. The SMILES string of the molecule is COc1ccc(NC(=O)CC(C)(C)O)cc1. The summed E-state index contributed by atoms with van der Waals surface area (Å²) in [6, 6.07) is 7.03. The zero-order valence-corrected chi connectivity index (χ0v) is 9.78. The van der Waals surface area contributed by atoms with Gasteiger partial charge in [-0.15, -0.1) is 0 Å². The Morgan fingerprint density at radius 2 is 1.94 bits per heavy atom. The first kappa shape index (κ1) is 12.5. The second-order valence-corrected chi connectivity index (χ2v) is 4.27. The van der Waals surface area contributed by atoms with Crippen molar-refractivity contribution in [1.29, 1.82) is 0 Å². The van der Waals surface area contributed by atoms with Gasteiger partial charge < -0.3 is 15.2 Å². The van der Waals surface area contributed by atoms with Crippen molar-refractivity contribution in [3.63, 3.8) is 0 Å². The Bertz CT molecular complexity index is 352. The highest BCUT2D eigenvalue weighted by atomic mass is 16.5. The van der Waals surface area contributed by atoms with E-state index < -0.39 is 5.60 Å². The molecule has 0 unspecified atom stereocenters. The molecule has 0 saturated carbocycles. The predicted octanol–water partition coefficient (Wildman–Crippen LogP) is 1.79. The van der Waals surface area contributed by atoms with Crippen LogP contribution in [-0.4, -0.2) is 23.7 Å². The second kappa shape index (κ2) is 4.99. The number of rotatable bonds is 4. The Kier molecular flexibility index (Phi) is 3.90. The molecule has 1 amide bonds. The number of ether oxygens (including phenoxy) is 1. The zero-order valence-electron chi connectivity index (χ0n) is 9.78.